The molecule has 1 aromatic carbocycles. The molecule has 30 heavy (non-hydrogen) atoms. The fraction of sp³-hybridized carbons (Fsp3) is 0.318. The van der Waals surface area contributed by atoms with Gasteiger partial charge in [-0.15, -0.1) is 0 Å². The average Bonchev–Trinajstić information content (AvgIpc) is 3.41. The number of benzene rings is 1. The second kappa shape index (κ2) is 7.74. The van der Waals surface area contributed by atoms with Crippen LogP contribution in [0.2, 0.25) is 5.02 Å². The molecule has 1 aliphatic heterocycles. The molecule has 0 bridgehead atoms. The summed E-state index contributed by atoms with van der Waals surface area (Å²) in [5, 5.41) is 4.05. The van der Waals surface area contributed by atoms with Crippen LogP contribution in [0.1, 0.15) is 18.4 Å². The lowest BCUT2D eigenvalue weighted by molar-refractivity contribution is 0.180. The standard InChI is InChI=1S/C22H23ClN6O/c1-14-5-3-7-16(23)20(14)27-21-18-11-24-13-29(18)22-17(25-21)8-9-19(26-22)28-10-4-6-15(28)12-30-2/h3,5,7-9,11,13,15H,4,6,10,12H2,1-2H3,(H,25,27)/t15-/m0/s1. The monoisotopic (exact) mass is 422 g/mol. The Hall–Kier alpha value is -2.90. The first-order valence-electron chi connectivity index (χ1n) is 10.1. The summed E-state index contributed by atoms with van der Waals surface area (Å²) in [6.45, 7) is 3.71. The minimum Gasteiger partial charge on any atom is -0.383 e. The predicted molar refractivity (Wildman–Crippen MR) is 120 cm³/mol. The van der Waals surface area contributed by atoms with Crippen LogP contribution in [0, 0.1) is 6.92 Å². The summed E-state index contributed by atoms with van der Waals surface area (Å²) in [6.07, 6.45) is 5.83. The van der Waals surface area contributed by atoms with Gasteiger partial charge >= 0.3 is 0 Å². The largest absolute Gasteiger partial charge is 0.383 e. The third-order valence-corrected chi connectivity index (χ3v) is 5.99. The highest BCUT2D eigenvalue weighted by Crippen LogP contribution is 2.32. The number of hydrogen-bond acceptors (Lipinski definition) is 6. The second-order valence-electron chi connectivity index (χ2n) is 7.62. The highest BCUT2D eigenvalue weighted by Gasteiger charge is 2.26. The molecular weight excluding hydrogens is 400 g/mol. The number of ether oxygens (including phenoxy) is 1. The molecule has 154 valence electrons. The summed E-state index contributed by atoms with van der Waals surface area (Å²) in [7, 11) is 1.75. The zero-order valence-electron chi connectivity index (χ0n) is 17.0. The number of aryl methyl sites for hydroxylation is 1. The fourth-order valence-electron chi connectivity index (χ4n) is 4.18. The number of methoxy groups -OCH3 is 1. The van der Waals surface area contributed by atoms with E-state index in [0.717, 1.165) is 53.1 Å². The van der Waals surface area contributed by atoms with Crippen molar-refractivity contribution >= 4 is 45.6 Å². The summed E-state index contributed by atoms with van der Waals surface area (Å²) in [4.78, 5) is 16.5. The van der Waals surface area contributed by atoms with Gasteiger partial charge in [-0.3, -0.25) is 4.40 Å². The van der Waals surface area contributed by atoms with Crippen LogP contribution in [0.25, 0.3) is 16.7 Å². The third-order valence-electron chi connectivity index (χ3n) is 5.68. The molecule has 1 N–H and O–H groups in total. The Labute approximate surface area is 179 Å². The molecule has 0 unspecified atom stereocenters. The first-order chi connectivity index (χ1) is 14.7. The van der Waals surface area contributed by atoms with Crippen molar-refractivity contribution in [2.75, 3.05) is 30.5 Å². The Morgan fingerprint density at radius 1 is 1.23 bits per heavy atom. The van der Waals surface area contributed by atoms with Gasteiger partial charge in [0.2, 0.25) is 0 Å². The summed E-state index contributed by atoms with van der Waals surface area (Å²) < 4.78 is 7.37. The molecule has 8 heteroatoms. The molecule has 0 spiro atoms. The van der Waals surface area contributed by atoms with E-state index < -0.39 is 0 Å². The van der Waals surface area contributed by atoms with Gasteiger partial charge in [-0.1, -0.05) is 23.7 Å². The maximum absolute atomic E-state index is 6.41. The number of nitrogens with one attached hydrogen (secondary N) is 1. The number of anilines is 3. The Morgan fingerprint density at radius 2 is 2.13 bits per heavy atom. The second-order valence-corrected chi connectivity index (χ2v) is 8.03. The van der Waals surface area contributed by atoms with Crippen LogP contribution in [-0.2, 0) is 4.74 Å². The van der Waals surface area contributed by atoms with Crippen molar-refractivity contribution in [1.29, 1.82) is 0 Å². The molecule has 1 atom stereocenters. The predicted octanol–water partition coefficient (Wildman–Crippen LogP) is 4.60. The van der Waals surface area contributed by atoms with Crippen LogP contribution in [0.4, 0.5) is 17.3 Å². The Kier molecular flexibility index (Phi) is 4.92. The van der Waals surface area contributed by atoms with Crippen molar-refractivity contribution in [2.45, 2.75) is 25.8 Å². The van der Waals surface area contributed by atoms with Crippen LogP contribution >= 0.6 is 11.6 Å². The molecule has 1 aliphatic rings. The SMILES string of the molecule is COC[C@@H]1CCCN1c1ccc2nc(Nc3c(C)cccc3Cl)c3cncn3c2n1. The number of hydrogen-bond donors (Lipinski definition) is 1. The number of halogens is 1. The van der Waals surface area contributed by atoms with E-state index in [2.05, 4.69) is 15.2 Å². The number of nitrogens with zero attached hydrogens (tertiary/aromatic N) is 5. The van der Waals surface area contributed by atoms with Gasteiger partial charge in [0, 0.05) is 13.7 Å². The van der Waals surface area contributed by atoms with Gasteiger partial charge in [-0.2, -0.15) is 0 Å². The van der Waals surface area contributed by atoms with E-state index in [0.29, 0.717) is 23.5 Å². The van der Waals surface area contributed by atoms with Gasteiger partial charge in [0.1, 0.15) is 23.2 Å². The Morgan fingerprint density at radius 3 is 2.97 bits per heavy atom. The lowest BCUT2D eigenvalue weighted by Gasteiger charge is -2.25. The van der Waals surface area contributed by atoms with Crippen LogP contribution in [0.5, 0.6) is 0 Å². The molecule has 3 aromatic heterocycles. The molecule has 1 saturated heterocycles. The molecule has 0 amide bonds. The molecule has 5 rings (SSSR count). The summed E-state index contributed by atoms with van der Waals surface area (Å²) in [5.74, 6) is 1.64. The smallest absolute Gasteiger partial charge is 0.166 e. The van der Waals surface area contributed by atoms with Gasteiger partial charge in [0.15, 0.2) is 11.5 Å². The third kappa shape index (κ3) is 3.24. The lowest BCUT2D eigenvalue weighted by Crippen LogP contribution is -2.33. The summed E-state index contributed by atoms with van der Waals surface area (Å²) in [5.41, 5.74) is 4.32. The Balaban J connectivity index is 1.59. The van der Waals surface area contributed by atoms with Crippen molar-refractivity contribution in [2.24, 2.45) is 0 Å². The van der Waals surface area contributed by atoms with E-state index in [1.54, 1.807) is 19.6 Å². The topological polar surface area (TPSA) is 67.6 Å². The zero-order valence-corrected chi connectivity index (χ0v) is 17.7. The van der Waals surface area contributed by atoms with E-state index in [1.807, 2.05) is 41.7 Å². The number of para-hydroxylation sites is 1. The lowest BCUT2D eigenvalue weighted by atomic mass is 10.2. The first kappa shape index (κ1) is 19.1. The van der Waals surface area contributed by atoms with Crippen molar-refractivity contribution in [3.05, 3.63) is 53.4 Å². The van der Waals surface area contributed by atoms with Crippen molar-refractivity contribution in [1.82, 2.24) is 19.4 Å². The van der Waals surface area contributed by atoms with E-state index in [-0.39, 0.29) is 0 Å². The minimum atomic E-state index is 0.357. The number of rotatable bonds is 5. The number of pyridine rings is 1. The molecule has 4 heterocycles. The Bertz CT molecular complexity index is 1200. The van der Waals surface area contributed by atoms with E-state index in [4.69, 9.17) is 26.3 Å². The fourth-order valence-corrected chi connectivity index (χ4v) is 4.44. The molecule has 0 aliphatic carbocycles. The van der Waals surface area contributed by atoms with Crippen molar-refractivity contribution < 1.29 is 4.74 Å². The van der Waals surface area contributed by atoms with Crippen LogP contribution < -0.4 is 10.2 Å². The number of fused-ring (bicyclic) bond motifs is 3. The summed E-state index contributed by atoms with van der Waals surface area (Å²) >= 11 is 6.41. The molecule has 0 radical (unpaired) electrons. The van der Waals surface area contributed by atoms with Crippen molar-refractivity contribution in [3.63, 3.8) is 0 Å². The minimum absolute atomic E-state index is 0.357. The van der Waals surface area contributed by atoms with Gasteiger partial charge in [0.05, 0.1) is 29.6 Å². The average molecular weight is 423 g/mol. The highest BCUT2D eigenvalue weighted by atomic mass is 35.5. The highest BCUT2D eigenvalue weighted by molar-refractivity contribution is 6.33. The number of aromatic nitrogens is 4. The molecule has 0 saturated carbocycles. The van der Waals surface area contributed by atoms with Gasteiger partial charge < -0.3 is 15.0 Å². The van der Waals surface area contributed by atoms with Crippen LogP contribution in [0.3, 0.4) is 0 Å². The zero-order chi connectivity index (χ0) is 20.7. The van der Waals surface area contributed by atoms with E-state index in [1.165, 1.54) is 0 Å². The molecular formula is C22H23ClN6O. The first-order valence-corrected chi connectivity index (χ1v) is 10.4. The maximum Gasteiger partial charge on any atom is 0.166 e. The van der Waals surface area contributed by atoms with Crippen molar-refractivity contribution in [3.8, 4) is 0 Å². The van der Waals surface area contributed by atoms with Gasteiger partial charge in [-0.25, -0.2) is 15.0 Å². The van der Waals surface area contributed by atoms with E-state index >= 15 is 0 Å². The molecule has 4 aromatic rings. The maximum atomic E-state index is 6.41. The van der Waals surface area contributed by atoms with Crippen LogP contribution in [0.15, 0.2) is 42.9 Å². The van der Waals surface area contributed by atoms with Crippen LogP contribution in [-0.4, -0.2) is 45.7 Å². The normalized spacial score (nSPS) is 16.6. The summed E-state index contributed by atoms with van der Waals surface area (Å²) in [6, 6.07) is 10.2. The number of imidazole rings is 1. The molecule has 7 nitrogen and oxygen atoms in total. The molecule has 1 fully saturated rings. The van der Waals surface area contributed by atoms with E-state index in [9.17, 15) is 0 Å². The van der Waals surface area contributed by atoms with Gasteiger partial charge in [-0.05, 0) is 43.5 Å². The quantitative estimate of drug-likeness (QED) is 0.507. The van der Waals surface area contributed by atoms with Gasteiger partial charge in [0.25, 0.3) is 0 Å².